The van der Waals surface area contributed by atoms with Gasteiger partial charge in [0.1, 0.15) is 6.04 Å². The molecule has 1 saturated heterocycles. The molecule has 0 aliphatic carbocycles. The minimum absolute atomic E-state index is 0.0837. The molecule has 2 heterocycles. The van der Waals surface area contributed by atoms with E-state index >= 15 is 0 Å². The molecule has 1 aromatic heterocycles. The number of amides is 1. The molecule has 3 rings (SSSR count). The number of hydrogen-bond donors (Lipinski definition) is 2. The van der Waals surface area contributed by atoms with Crippen molar-refractivity contribution in [3.05, 3.63) is 35.2 Å². The third kappa shape index (κ3) is 4.11. The first-order chi connectivity index (χ1) is 11.6. The van der Waals surface area contributed by atoms with Crippen LogP contribution < -0.4 is 10.6 Å². The Labute approximate surface area is 144 Å². The molecule has 0 saturated carbocycles. The third-order valence-corrected chi connectivity index (χ3v) is 4.06. The zero-order valence-electron chi connectivity index (χ0n) is 13.3. The van der Waals surface area contributed by atoms with Crippen LogP contribution in [0.1, 0.15) is 12.8 Å². The van der Waals surface area contributed by atoms with Crippen molar-refractivity contribution in [2.24, 2.45) is 0 Å². The van der Waals surface area contributed by atoms with Gasteiger partial charge in [0.15, 0.2) is 0 Å². The number of carbonyl (C=O) groups is 1. The van der Waals surface area contributed by atoms with Crippen LogP contribution in [0.5, 0.6) is 0 Å². The maximum absolute atomic E-state index is 12.1. The first kappa shape index (κ1) is 16.9. The molecule has 1 aliphatic heterocycles. The highest BCUT2D eigenvalue weighted by atomic mass is 35.5. The average Bonchev–Trinajstić information content (AvgIpc) is 3.04. The van der Waals surface area contributed by atoms with E-state index in [4.69, 9.17) is 20.9 Å². The first-order valence-electron chi connectivity index (χ1n) is 7.85. The molecule has 0 unspecified atom stereocenters. The van der Waals surface area contributed by atoms with Crippen LogP contribution in [-0.4, -0.2) is 47.9 Å². The lowest BCUT2D eigenvalue weighted by Gasteiger charge is -2.29. The highest BCUT2D eigenvalue weighted by molar-refractivity contribution is 6.30. The molecule has 2 atom stereocenters. The summed E-state index contributed by atoms with van der Waals surface area (Å²) in [6.07, 6.45) is 0.326. The summed E-state index contributed by atoms with van der Waals surface area (Å²) in [6, 6.07) is 6.87. The van der Waals surface area contributed by atoms with E-state index in [9.17, 15) is 4.79 Å². The number of rotatable bonds is 5. The van der Waals surface area contributed by atoms with E-state index in [-0.39, 0.29) is 18.1 Å². The Morgan fingerprint density at radius 2 is 2.21 bits per heavy atom. The Hall–Kier alpha value is -1.96. The van der Waals surface area contributed by atoms with Crippen LogP contribution in [0.3, 0.4) is 0 Å². The van der Waals surface area contributed by atoms with E-state index in [0.717, 1.165) is 5.56 Å². The van der Waals surface area contributed by atoms with Crippen molar-refractivity contribution in [3.63, 3.8) is 0 Å². The standard InChI is InChI=1S/C16H19ClN4O3/c1-10-14(18-8-9-23-10)16(22)19-7-6-13-20-15(21-24-13)11-2-4-12(17)5-3-11/h2-5,10,14,18H,6-9H2,1H3,(H,19,22)/t10-,14+/m1/s1. The molecule has 1 fully saturated rings. The van der Waals surface area contributed by atoms with Gasteiger partial charge in [0, 0.05) is 30.1 Å². The Balaban J connectivity index is 1.50. The van der Waals surface area contributed by atoms with Gasteiger partial charge in [0.25, 0.3) is 0 Å². The summed E-state index contributed by atoms with van der Waals surface area (Å²) in [4.78, 5) is 16.4. The van der Waals surface area contributed by atoms with Gasteiger partial charge in [-0.05, 0) is 31.2 Å². The fourth-order valence-corrected chi connectivity index (χ4v) is 2.63. The lowest BCUT2D eigenvalue weighted by molar-refractivity contribution is -0.128. The minimum atomic E-state index is -0.328. The van der Waals surface area contributed by atoms with Crippen molar-refractivity contribution in [1.29, 1.82) is 0 Å². The number of carbonyl (C=O) groups excluding carboxylic acids is 1. The summed E-state index contributed by atoms with van der Waals surface area (Å²) in [7, 11) is 0. The maximum Gasteiger partial charge on any atom is 0.239 e. The Morgan fingerprint density at radius 3 is 2.96 bits per heavy atom. The molecule has 1 amide bonds. The minimum Gasteiger partial charge on any atom is -0.375 e. The second kappa shape index (κ2) is 7.74. The van der Waals surface area contributed by atoms with Crippen molar-refractivity contribution in [2.75, 3.05) is 19.7 Å². The molecule has 0 radical (unpaired) electrons. The summed E-state index contributed by atoms with van der Waals surface area (Å²) in [6.45, 7) is 3.61. The van der Waals surface area contributed by atoms with Crippen LogP contribution in [0.25, 0.3) is 11.4 Å². The van der Waals surface area contributed by atoms with Gasteiger partial charge in [-0.3, -0.25) is 4.79 Å². The van der Waals surface area contributed by atoms with Gasteiger partial charge in [-0.15, -0.1) is 0 Å². The second-order valence-electron chi connectivity index (χ2n) is 5.57. The maximum atomic E-state index is 12.1. The van der Waals surface area contributed by atoms with Gasteiger partial charge in [-0.1, -0.05) is 16.8 Å². The number of morpholine rings is 1. The molecular formula is C16H19ClN4O3. The zero-order chi connectivity index (χ0) is 16.9. The van der Waals surface area contributed by atoms with E-state index in [1.54, 1.807) is 12.1 Å². The molecule has 8 heteroatoms. The third-order valence-electron chi connectivity index (χ3n) is 3.81. The number of halogens is 1. The highest BCUT2D eigenvalue weighted by Gasteiger charge is 2.27. The van der Waals surface area contributed by atoms with Crippen LogP contribution in [0, 0.1) is 0 Å². The number of hydrogen-bond acceptors (Lipinski definition) is 6. The van der Waals surface area contributed by atoms with Crippen molar-refractivity contribution in [2.45, 2.75) is 25.5 Å². The van der Waals surface area contributed by atoms with Gasteiger partial charge in [-0.25, -0.2) is 0 Å². The molecular weight excluding hydrogens is 332 g/mol. The number of aromatic nitrogens is 2. The molecule has 24 heavy (non-hydrogen) atoms. The second-order valence-corrected chi connectivity index (χ2v) is 6.00. The lowest BCUT2D eigenvalue weighted by atomic mass is 10.1. The van der Waals surface area contributed by atoms with Crippen molar-refractivity contribution in [1.82, 2.24) is 20.8 Å². The summed E-state index contributed by atoms with van der Waals surface area (Å²) < 4.78 is 10.7. The van der Waals surface area contributed by atoms with Crippen molar-refractivity contribution >= 4 is 17.5 Å². The molecule has 128 valence electrons. The van der Waals surface area contributed by atoms with Crippen molar-refractivity contribution in [3.8, 4) is 11.4 Å². The number of nitrogens with one attached hydrogen (secondary N) is 2. The summed E-state index contributed by atoms with van der Waals surface area (Å²) in [5.41, 5.74) is 0.829. The number of benzene rings is 1. The molecule has 7 nitrogen and oxygen atoms in total. The molecule has 0 spiro atoms. The largest absolute Gasteiger partial charge is 0.375 e. The summed E-state index contributed by atoms with van der Waals surface area (Å²) in [5, 5.41) is 10.6. The van der Waals surface area contributed by atoms with E-state index in [2.05, 4.69) is 20.8 Å². The first-order valence-corrected chi connectivity index (χ1v) is 8.22. The van der Waals surface area contributed by atoms with Crippen LogP contribution in [0.2, 0.25) is 5.02 Å². The zero-order valence-corrected chi connectivity index (χ0v) is 14.0. The van der Waals surface area contributed by atoms with Crippen LogP contribution >= 0.6 is 11.6 Å². The van der Waals surface area contributed by atoms with E-state index in [1.165, 1.54) is 0 Å². The molecule has 2 aromatic rings. The molecule has 0 bridgehead atoms. The molecule has 2 N–H and O–H groups in total. The topological polar surface area (TPSA) is 89.3 Å². The Bertz CT molecular complexity index is 689. The molecule has 1 aromatic carbocycles. The van der Waals surface area contributed by atoms with E-state index < -0.39 is 0 Å². The fourth-order valence-electron chi connectivity index (χ4n) is 2.50. The normalized spacial score (nSPS) is 20.8. The number of ether oxygens (including phenoxy) is 1. The van der Waals surface area contributed by atoms with E-state index in [0.29, 0.717) is 42.9 Å². The fraction of sp³-hybridized carbons (Fsp3) is 0.438. The quantitative estimate of drug-likeness (QED) is 0.848. The summed E-state index contributed by atoms with van der Waals surface area (Å²) in [5.74, 6) is 0.893. The van der Waals surface area contributed by atoms with Gasteiger partial charge >= 0.3 is 0 Å². The predicted molar refractivity (Wildman–Crippen MR) is 88.7 cm³/mol. The van der Waals surface area contributed by atoms with Gasteiger partial charge < -0.3 is 19.9 Å². The Kier molecular flexibility index (Phi) is 5.44. The Morgan fingerprint density at radius 1 is 1.42 bits per heavy atom. The van der Waals surface area contributed by atoms with Gasteiger partial charge in [0.05, 0.1) is 12.7 Å². The van der Waals surface area contributed by atoms with Crippen LogP contribution in [0.15, 0.2) is 28.8 Å². The van der Waals surface area contributed by atoms with Crippen molar-refractivity contribution < 1.29 is 14.1 Å². The lowest BCUT2D eigenvalue weighted by Crippen LogP contribution is -2.55. The van der Waals surface area contributed by atoms with Gasteiger partial charge in [-0.2, -0.15) is 4.98 Å². The predicted octanol–water partition coefficient (Wildman–Crippen LogP) is 1.43. The summed E-state index contributed by atoms with van der Waals surface area (Å²) >= 11 is 5.86. The monoisotopic (exact) mass is 350 g/mol. The molecule has 1 aliphatic rings. The van der Waals surface area contributed by atoms with E-state index in [1.807, 2.05) is 19.1 Å². The number of nitrogens with zero attached hydrogens (tertiary/aromatic N) is 2. The van der Waals surface area contributed by atoms with Crippen LogP contribution in [0.4, 0.5) is 0 Å². The van der Waals surface area contributed by atoms with Crippen LogP contribution in [-0.2, 0) is 16.0 Å². The SMILES string of the molecule is C[C@H]1OCCN[C@@H]1C(=O)NCCc1nc(-c2ccc(Cl)cc2)no1. The smallest absolute Gasteiger partial charge is 0.239 e. The highest BCUT2D eigenvalue weighted by Crippen LogP contribution is 2.18. The van der Waals surface area contributed by atoms with Gasteiger partial charge in [0.2, 0.25) is 17.6 Å². The average molecular weight is 351 g/mol.